The van der Waals surface area contributed by atoms with Crippen LogP contribution in [0.2, 0.25) is 0 Å². The zero-order chi connectivity index (χ0) is 18.9. The first kappa shape index (κ1) is 16.9. The fraction of sp³-hybridized carbons (Fsp3) is 0.333. The highest BCUT2D eigenvalue weighted by Gasteiger charge is 2.29. The van der Waals surface area contributed by atoms with E-state index in [9.17, 15) is 0 Å². The fourth-order valence-electron chi connectivity index (χ4n) is 4.12. The lowest BCUT2D eigenvalue weighted by molar-refractivity contribution is 0.636. The number of rotatable bonds is 3. The molecule has 1 saturated heterocycles. The molecule has 0 aliphatic carbocycles. The normalized spacial score (nSPS) is 19.0. The second-order valence-corrected chi connectivity index (χ2v) is 7.33. The van der Waals surface area contributed by atoms with E-state index in [4.69, 9.17) is 4.98 Å². The summed E-state index contributed by atoms with van der Waals surface area (Å²) in [6.07, 6.45) is 4.62. The van der Waals surface area contributed by atoms with E-state index >= 15 is 0 Å². The molecule has 7 heteroatoms. The van der Waals surface area contributed by atoms with Crippen molar-refractivity contribution in [3.05, 3.63) is 60.4 Å². The maximum absolute atomic E-state index is 4.87. The summed E-state index contributed by atoms with van der Waals surface area (Å²) in [7, 11) is 0. The van der Waals surface area contributed by atoms with Crippen LogP contribution in [0.4, 0.5) is 23.3 Å². The molecule has 0 saturated carbocycles. The zero-order valence-electron chi connectivity index (χ0n) is 15.9. The average molecular weight is 373 g/mol. The summed E-state index contributed by atoms with van der Waals surface area (Å²) < 4.78 is 0. The Morgan fingerprint density at radius 2 is 1.64 bits per heavy atom. The van der Waals surface area contributed by atoms with Crippen molar-refractivity contribution in [2.45, 2.75) is 19.4 Å². The molecular weight excluding hydrogens is 350 g/mol. The Morgan fingerprint density at radius 3 is 2.43 bits per heavy atom. The summed E-state index contributed by atoms with van der Waals surface area (Å²) in [4.78, 5) is 16.1. The van der Waals surface area contributed by atoms with E-state index in [1.54, 1.807) is 6.20 Å². The number of piperazine rings is 1. The summed E-state index contributed by atoms with van der Waals surface area (Å²) in [6, 6.07) is 14.8. The van der Waals surface area contributed by atoms with Gasteiger partial charge >= 0.3 is 0 Å². The molecule has 5 rings (SSSR count). The Kier molecular flexibility index (Phi) is 4.27. The lowest BCUT2D eigenvalue weighted by Gasteiger charge is -2.36. The van der Waals surface area contributed by atoms with E-state index in [0.717, 1.165) is 44.2 Å². The molecule has 1 aromatic carbocycles. The third-order valence-corrected chi connectivity index (χ3v) is 5.53. The molecule has 7 nitrogen and oxygen atoms in total. The van der Waals surface area contributed by atoms with Crippen molar-refractivity contribution >= 4 is 23.3 Å². The second kappa shape index (κ2) is 7.07. The van der Waals surface area contributed by atoms with Crippen molar-refractivity contribution in [1.82, 2.24) is 20.2 Å². The van der Waals surface area contributed by atoms with Gasteiger partial charge in [0, 0.05) is 44.1 Å². The van der Waals surface area contributed by atoms with Gasteiger partial charge in [-0.2, -0.15) is 10.1 Å². The van der Waals surface area contributed by atoms with Crippen LogP contribution in [-0.4, -0.2) is 52.4 Å². The number of para-hydroxylation sites is 1. The van der Waals surface area contributed by atoms with E-state index in [-0.39, 0.29) is 0 Å². The number of aromatic nitrogens is 4. The lowest BCUT2D eigenvalue weighted by Crippen LogP contribution is -2.47. The molecule has 0 radical (unpaired) electrons. The minimum absolute atomic E-state index is 0.329. The van der Waals surface area contributed by atoms with Gasteiger partial charge < -0.3 is 14.7 Å². The van der Waals surface area contributed by atoms with Gasteiger partial charge in [0.1, 0.15) is 5.82 Å². The number of anilines is 4. The zero-order valence-corrected chi connectivity index (χ0v) is 15.9. The first-order valence-electron chi connectivity index (χ1n) is 9.77. The highest BCUT2D eigenvalue weighted by atomic mass is 15.4. The summed E-state index contributed by atoms with van der Waals surface area (Å²) in [5, 5.41) is 8.61. The van der Waals surface area contributed by atoms with Crippen molar-refractivity contribution in [2.24, 2.45) is 0 Å². The molecule has 1 fully saturated rings. The van der Waals surface area contributed by atoms with Gasteiger partial charge in [-0.05, 0) is 37.1 Å². The molecule has 0 bridgehead atoms. The Balaban J connectivity index is 1.35. The number of hydrogen-bond donors (Lipinski definition) is 0. The molecule has 3 aromatic rings. The van der Waals surface area contributed by atoms with Gasteiger partial charge in [-0.1, -0.05) is 24.3 Å². The monoisotopic (exact) mass is 373 g/mol. The summed E-state index contributed by atoms with van der Waals surface area (Å²) in [5.74, 6) is 2.61. The SMILES string of the molecule is CC1Cc2ccccc2N1c1nncc(N2CCN(c3ccccn3)CC2)n1. The summed E-state index contributed by atoms with van der Waals surface area (Å²) >= 11 is 0. The molecular formula is C21H23N7. The second-order valence-electron chi connectivity index (χ2n) is 7.33. The molecule has 1 atom stereocenters. The number of hydrogen-bond acceptors (Lipinski definition) is 7. The molecule has 4 heterocycles. The maximum atomic E-state index is 4.87. The Bertz CT molecular complexity index is 954. The van der Waals surface area contributed by atoms with Crippen LogP contribution in [0.5, 0.6) is 0 Å². The number of benzene rings is 1. The predicted molar refractivity (Wildman–Crippen MR) is 110 cm³/mol. The largest absolute Gasteiger partial charge is 0.353 e. The summed E-state index contributed by atoms with van der Waals surface area (Å²) in [5.41, 5.74) is 2.53. The quantitative estimate of drug-likeness (QED) is 0.699. The van der Waals surface area contributed by atoms with Gasteiger partial charge in [0.05, 0.1) is 6.20 Å². The van der Waals surface area contributed by atoms with Crippen LogP contribution < -0.4 is 14.7 Å². The Morgan fingerprint density at radius 1 is 0.893 bits per heavy atom. The van der Waals surface area contributed by atoms with Crippen LogP contribution in [0.15, 0.2) is 54.9 Å². The molecule has 0 spiro atoms. The van der Waals surface area contributed by atoms with Crippen molar-refractivity contribution in [3.63, 3.8) is 0 Å². The number of pyridine rings is 1. The molecule has 2 aliphatic rings. The van der Waals surface area contributed by atoms with E-state index in [1.165, 1.54) is 11.3 Å². The minimum Gasteiger partial charge on any atom is -0.353 e. The van der Waals surface area contributed by atoms with Crippen LogP contribution in [0.1, 0.15) is 12.5 Å². The molecule has 0 amide bonds. The summed E-state index contributed by atoms with van der Waals surface area (Å²) in [6.45, 7) is 5.82. The Hall–Kier alpha value is -3.22. The highest BCUT2D eigenvalue weighted by molar-refractivity contribution is 5.67. The van der Waals surface area contributed by atoms with Crippen LogP contribution in [0.3, 0.4) is 0 Å². The van der Waals surface area contributed by atoms with Gasteiger partial charge in [0.15, 0.2) is 5.82 Å². The van der Waals surface area contributed by atoms with E-state index < -0.39 is 0 Å². The van der Waals surface area contributed by atoms with Gasteiger partial charge in [0.2, 0.25) is 0 Å². The maximum Gasteiger partial charge on any atom is 0.252 e. The predicted octanol–water partition coefficient (Wildman–Crippen LogP) is 2.68. The molecule has 1 unspecified atom stereocenters. The van der Waals surface area contributed by atoms with Crippen molar-refractivity contribution in [2.75, 3.05) is 40.9 Å². The van der Waals surface area contributed by atoms with E-state index in [2.05, 4.69) is 67.1 Å². The van der Waals surface area contributed by atoms with Crippen molar-refractivity contribution in [3.8, 4) is 0 Å². The van der Waals surface area contributed by atoms with Crippen LogP contribution in [-0.2, 0) is 6.42 Å². The van der Waals surface area contributed by atoms with Crippen LogP contribution in [0, 0.1) is 0 Å². The van der Waals surface area contributed by atoms with Crippen LogP contribution in [0.25, 0.3) is 0 Å². The molecule has 28 heavy (non-hydrogen) atoms. The number of nitrogens with zero attached hydrogens (tertiary/aromatic N) is 7. The van der Waals surface area contributed by atoms with Gasteiger partial charge in [-0.15, -0.1) is 5.10 Å². The topological polar surface area (TPSA) is 61.3 Å². The highest BCUT2D eigenvalue weighted by Crippen LogP contribution is 2.36. The Labute approximate surface area is 164 Å². The van der Waals surface area contributed by atoms with E-state index in [1.807, 2.05) is 18.3 Å². The first-order valence-corrected chi connectivity index (χ1v) is 9.77. The smallest absolute Gasteiger partial charge is 0.252 e. The van der Waals surface area contributed by atoms with Crippen molar-refractivity contribution < 1.29 is 0 Å². The van der Waals surface area contributed by atoms with Crippen molar-refractivity contribution in [1.29, 1.82) is 0 Å². The fourth-order valence-corrected chi connectivity index (χ4v) is 4.12. The van der Waals surface area contributed by atoms with E-state index in [0.29, 0.717) is 12.0 Å². The van der Waals surface area contributed by atoms with Crippen LogP contribution >= 0.6 is 0 Å². The molecule has 2 aliphatic heterocycles. The third-order valence-electron chi connectivity index (χ3n) is 5.53. The number of fused-ring (bicyclic) bond motifs is 1. The van der Waals surface area contributed by atoms with Gasteiger partial charge in [-0.25, -0.2) is 4.98 Å². The average Bonchev–Trinajstić information content (AvgIpc) is 3.10. The third kappa shape index (κ3) is 3.02. The molecule has 2 aromatic heterocycles. The molecule has 0 N–H and O–H groups in total. The standard InChI is InChI=1S/C21H23N7/c1-16-14-17-6-2-3-7-18(17)28(16)21-24-20(15-23-25-21)27-12-10-26(11-13-27)19-8-4-5-9-22-19/h2-9,15-16H,10-14H2,1H3. The first-order chi connectivity index (χ1) is 13.8. The van der Waals surface area contributed by atoms with Gasteiger partial charge in [-0.3, -0.25) is 0 Å². The lowest BCUT2D eigenvalue weighted by atomic mass is 10.1. The van der Waals surface area contributed by atoms with Gasteiger partial charge in [0.25, 0.3) is 5.95 Å². The molecule has 142 valence electrons. The minimum atomic E-state index is 0.329.